The molecule has 8 nitrogen and oxygen atoms in total. The number of nitrogens with zero attached hydrogens (tertiary/aromatic N) is 1. The van der Waals surface area contributed by atoms with Crippen LogP contribution in [0.4, 0.5) is 11.4 Å². The van der Waals surface area contributed by atoms with Crippen LogP contribution in [0.3, 0.4) is 0 Å². The summed E-state index contributed by atoms with van der Waals surface area (Å²) in [4.78, 5) is 38.2. The molecule has 0 atom stereocenters. The smallest absolute Gasteiger partial charge is 0.267 e. The quantitative estimate of drug-likeness (QED) is 0.269. The van der Waals surface area contributed by atoms with Gasteiger partial charge in [0.2, 0.25) is 11.8 Å². The lowest BCUT2D eigenvalue weighted by Crippen LogP contribution is -2.40. The van der Waals surface area contributed by atoms with E-state index in [0.717, 1.165) is 21.9 Å². The van der Waals surface area contributed by atoms with E-state index in [0.29, 0.717) is 29.2 Å². The van der Waals surface area contributed by atoms with Crippen LogP contribution in [-0.4, -0.2) is 36.8 Å². The maximum absolute atomic E-state index is 13.4. The van der Waals surface area contributed by atoms with E-state index in [2.05, 4.69) is 35.4 Å². The number of hydrogen-bond acceptors (Lipinski definition) is 4. The van der Waals surface area contributed by atoms with Gasteiger partial charge in [-0.15, -0.1) is 0 Å². The highest BCUT2D eigenvalue weighted by Crippen LogP contribution is 2.36. The molecule has 0 aliphatic heterocycles. The van der Waals surface area contributed by atoms with Gasteiger partial charge in [-0.3, -0.25) is 24.2 Å². The van der Waals surface area contributed by atoms with Gasteiger partial charge in [0.25, 0.3) is 5.56 Å². The Labute approximate surface area is 229 Å². The van der Waals surface area contributed by atoms with Crippen molar-refractivity contribution in [1.82, 2.24) is 9.78 Å². The van der Waals surface area contributed by atoms with Crippen LogP contribution in [-0.2, 0) is 22.6 Å². The molecular weight excluding hydrogens is 508 g/mol. The summed E-state index contributed by atoms with van der Waals surface area (Å²) >= 11 is 0. The zero-order valence-electron chi connectivity index (χ0n) is 22.9. The first-order chi connectivity index (χ1) is 18.5. The van der Waals surface area contributed by atoms with Gasteiger partial charge in [0.1, 0.15) is 5.75 Å². The molecule has 202 valence electrons. The molecule has 0 saturated heterocycles. The van der Waals surface area contributed by atoms with Gasteiger partial charge in [0.15, 0.2) is 0 Å². The van der Waals surface area contributed by atoms with Crippen molar-refractivity contribution >= 4 is 36.4 Å². The van der Waals surface area contributed by atoms with Crippen molar-refractivity contribution in [1.29, 1.82) is 0 Å². The molecule has 4 rings (SSSR count). The molecule has 9 heteroatoms. The third-order valence-electron chi connectivity index (χ3n) is 6.36. The van der Waals surface area contributed by atoms with Gasteiger partial charge < -0.3 is 15.4 Å². The summed E-state index contributed by atoms with van der Waals surface area (Å²) in [6.45, 7) is 8.54. The predicted octanol–water partition coefficient (Wildman–Crippen LogP) is 4.59. The number of carbonyl (C=O) groups is 2. The Kier molecular flexibility index (Phi) is 8.20. The Morgan fingerprint density at radius 2 is 1.64 bits per heavy atom. The minimum absolute atomic E-state index is 0.0886. The number of anilines is 2. The third kappa shape index (κ3) is 6.74. The number of aromatic nitrogens is 2. The standard InChI is InChI=1S/C30H34N4O4Si/c1-20(35)31-25-15-16-26(39(3,4)5)29(28(25)22-11-13-24(38-2)14-12-22)32-27(36)17-23-19-34(33-30(23)37)18-21-9-7-6-8-10-21/h6-16,19H,17-18H2,1-5H3,(H,31,35)(H,32,36)(H,33,37). The molecule has 2 amide bonds. The highest BCUT2D eigenvalue weighted by Gasteiger charge is 2.26. The molecule has 0 fully saturated rings. The van der Waals surface area contributed by atoms with Gasteiger partial charge in [-0.2, -0.15) is 0 Å². The van der Waals surface area contributed by atoms with Gasteiger partial charge >= 0.3 is 0 Å². The van der Waals surface area contributed by atoms with Crippen molar-refractivity contribution in [2.45, 2.75) is 39.5 Å². The van der Waals surface area contributed by atoms with Crippen LogP contribution < -0.4 is 26.1 Å². The summed E-state index contributed by atoms with van der Waals surface area (Å²) in [6, 6.07) is 21.1. The average Bonchev–Trinajstić information content (AvgIpc) is 3.21. The van der Waals surface area contributed by atoms with Crippen LogP contribution in [0, 0.1) is 0 Å². The van der Waals surface area contributed by atoms with Crippen LogP contribution in [0.25, 0.3) is 11.1 Å². The molecule has 1 aromatic heterocycles. The maximum atomic E-state index is 13.4. The first-order valence-electron chi connectivity index (χ1n) is 12.8. The van der Waals surface area contributed by atoms with E-state index >= 15 is 0 Å². The lowest BCUT2D eigenvalue weighted by Gasteiger charge is -2.26. The van der Waals surface area contributed by atoms with E-state index in [1.54, 1.807) is 18.0 Å². The highest BCUT2D eigenvalue weighted by molar-refractivity contribution is 6.90. The normalized spacial score (nSPS) is 11.2. The Bertz CT molecular complexity index is 1530. The molecule has 4 aromatic rings. The molecule has 0 unspecified atom stereocenters. The van der Waals surface area contributed by atoms with Crippen LogP contribution in [0.15, 0.2) is 77.7 Å². The Morgan fingerprint density at radius 3 is 2.26 bits per heavy atom. The number of methoxy groups -OCH3 is 1. The fourth-order valence-electron chi connectivity index (χ4n) is 4.54. The molecule has 0 aliphatic rings. The number of hydrogen-bond donors (Lipinski definition) is 3. The lowest BCUT2D eigenvalue weighted by molar-refractivity contribution is -0.116. The Balaban J connectivity index is 1.71. The van der Waals surface area contributed by atoms with Crippen molar-refractivity contribution in [3.8, 4) is 16.9 Å². The van der Waals surface area contributed by atoms with Crippen molar-refractivity contribution in [2.24, 2.45) is 0 Å². The van der Waals surface area contributed by atoms with Gasteiger partial charge in [-0.1, -0.05) is 68.2 Å². The Morgan fingerprint density at radius 1 is 0.949 bits per heavy atom. The summed E-state index contributed by atoms with van der Waals surface area (Å²) in [5.41, 5.74) is 3.90. The van der Waals surface area contributed by atoms with Gasteiger partial charge in [-0.05, 0) is 34.5 Å². The molecule has 3 aromatic carbocycles. The van der Waals surface area contributed by atoms with Crippen molar-refractivity contribution in [3.63, 3.8) is 0 Å². The van der Waals surface area contributed by atoms with E-state index in [1.807, 2.05) is 66.7 Å². The number of amides is 2. The zero-order chi connectivity index (χ0) is 28.2. The molecule has 0 spiro atoms. The number of ether oxygens (including phenoxy) is 1. The number of nitrogens with one attached hydrogen (secondary N) is 3. The summed E-state index contributed by atoms with van der Waals surface area (Å²) < 4.78 is 7.01. The summed E-state index contributed by atoms with van der Waals surface area (Å²) in [6.07, 6.45) is 1.60. The summed E-state index contributed by atoms with van der Waals surface area (Å²) in [5.74, 6) is 0.173. The van der Waals surface area contributed by atoms with E-state index in [-0.39, 0.29) is 23.8 Å². The molecule has 0 bridgehead atoms. The van der Waals surface area contributed by atoms with Gasteiger partial charge in [0, 0.05) is 29.9 Å². The molecule has 0 radical (unpaired) electrons. The molecule has 0 saturated carbocycles. The molecule has 3 N–H and O–H groups in total. The van der Waals surface area contributed by atoms with Crippen LogP contribution in [0.1, 0.15) is 18.1 Å². The SMILES string of the molecule is COc1ccc(-c2c(NC(C)=O)ccc([Si](C)(C)C)c2NC(=O)Cc2cn(Cc3ccccc3)[nH]c2=O)cc1. The predicted molar refractivity (Wildman–Crippen MR) is 159 cm³/mol. The monoisotopic (exact) mass is 542 g/mol. The molecule has 0 aliphatic carbocycles. The topological polar surface area (TPSA) is 105 Å². The van der Waals surface area contributed by atoms with E-state index in [4.69, 9.17) is 4.74 Å². The van der Waals surface area contributed by atoms with E-state index < -0.39 is 8.07 Å². The molecule has 39 heavy (non-hydrogen) atoms. The van der Waals surface area contributed by atoms with Crippen molar-refractivity contribution in [3.05, 3.63) is 94.4 Å². The minimum Gasteiger partial charge on any atom is -0.497 e. The van der Waals surface area contributed by atoms with E-state index in [9.17, 15) is 14.4 Å². The highest BCUT2D eigenvalue weighted by atomic mass is 28.3. The second kappa shape index (κ2) is 11.6. The van der Waals surface area contributed by atoms with Gasteiger partial charge in [-0.25, -0.2) is 0 Å². The number of rotatable bonds is 9. The third-order valence-corrected chi connectivity index (χ3v) is 8.40. The average molecular weight is 543 g/mol. The van der Waals surface area contributed by atoms with Crippen LogP contribution in [0.2, 0.25) is 19.6 Å². The largest absolute Gasteiger partial charge is 0.497 e. The maximum Gasteiger partial charge on any atom is 0.267 e. The molecule has 1 heterocycles. The zero-order valence-corrected chi connectivity index (χ0v) is 23.9. The first-order valence-corrected chi connectivity index (χ1v) is 16.3. The second-order valence-corrected chi connectivity index (χ2v) is 15.5. The summed E-state index contributed by atoms with van der Waals surface area (Å²) in [5, 5.41) is 9.87. The first kappa shape index (κ1) is 27.7. The fourth-order valence-corrected chi connectivity index (χ4v) is 6.06. The number of benzene rings is 3. The number of H-pyrrole nitrogens is 1. The number of carbonyl (C=O) groups excluding carboxylic acids is 2. The molecular formula is C30H34N4O4Si. The van der Waals surface area contributed by atoms with Gasteiger partial charge in [0.05, 0.1) is 33.8 Å². The van der Waals surface area contributed by atoms with E-state index in [1.165, 1.54) is 6.92 Å². The van der Waals surface area contributed by atoms with Crippen LogP contribution >= 0.6 is 0 Å². The van der Waals surface area contributed by atoms with Crippen LogP contribution in [0.5, 0.6) is 5.75 Å². The second-order valence-electron chi connectivity index (χ2n) is 10.5. The lowest BCUT2D eigenvalue weighted by atomic mass is 10.0. The summed E-state index contributed by atoms with van der Waals surface area (Å²) in [7, 11) is -0.355. The fraction of sp³-hybridized carbons (Fsp3) is 0.233. The minimum atomic E-state index is -1.96. The van der Waals surface area contributed by atoms with Crippen molar-refractivity contribution in [2.75, 3.05) is 17.7 Å². The Hall–Kier alpha value is -4.37. The van der Waals surface area contributed by atoms with Crippen molar-refractivity contribution < 1.29 is 14.3 Å². The number of aromatic amines is 1.